The zero-order valence-corrected chi connectivity index (χ0v) is 41.2. The lowest BCUT2D eigenvalue weighted by Crippen LogP contribution is -2.37. The van der Waals surface area contributed by atoms with Crippen molar-refractivity contribution in [1.29, 1.82) is 0 Å². The van der Waals surface area contributed by atoms with Gasteiger partial charge in [0, 0.05) is 13.0 Å². The fourth-order valence-corrected chi connectivity index (χ4v) is 6.84. The molecule has 2 atom stereocenters. The minimum Gasteiger partial charge on any atom is -0.756 e. The van der Waals surface area contributed by atoms with Crippen LogP contribution in [0.1, 0.15) is 174 Å². The van der Waals surface area contributed by atoms with Crippen LogP contribution in [0, 0.1) is 0 Å². The van der Waals surface area contributed by atoms with Crippen molar-refractivity contribution in [3.63, 3.8) is 0 Å². The number of phosphoric ester groups is 1. The smallest absolute Gasteiger partial charge is 0.306 e. The Morgan fingerprint density at radius 1 is 0.516 bits per heavy atom. The molecule has 0 aliphatic heterocycles. The first-order valence-electron chi connectivity index (χ1n) is 24.5. The third-order valence-electron chi connectivity index (χ3n) is 9.87. The molecule has 0 aliphatic rings. The van der Waals surface area contributed by atoms with Gasteiger partial charge in [-0.15, -0.1) is 0 Å². The van der Waals surface area contributed by atoms with E-state index in [1.54, 1.807) is 0 Å². The molecule has 356 valence electrons. The molecule has 2 unspecified atom stereocenters. The van der Waals surface area contributed by atoms with Crippen molar-refractivity contribution in [2.75, 3.05) is 54.1 Å². The number of likely N-dealkylation sites (N-methyl/N-ethyl adjacent to an activating group) is 1. The van der Waals surface area contributed by atoms with Crippen LogP contribution in [0.4, 0.5) is 0 Å². The molecule has 0 saturated carbocycles. The molecule has 9 heteroatoms. The predicted molar refractivity (Wildman–Crippen MR) is 263 cm³/mol. The second-order valence-corrected chi connectivity index (χ2v) is 18.5. The summed E-state index contributed by atoms with van der Waals surface area (Å²) in [5.74, 6) is -0.371. The SMILES string of the molecule is CC/C=C\C/C=C\C/C=C\C/C=C\C/C=C\C/C=C\C/C=C\CCCCCC(=O)OC(COCCCCCCCC/C=C\CCCCCCC)COP(=O)([O-])OCC[N+](C)(C)C. The fourth-order valence-electron chi connectivity index (χ4n) is 6.11. The Hall–Kier alpha value is -2.58. The van der Waals surface area contributed by atoms with E-state index in [2.05, 4.69) is 111 Å². The number of carbonyl (C=O) groups excluding carboxylic acids is 1. The second kappa shape index (κ2) is 45.0. The van der Waals surface area contributed by atoms with Crippen LogP contribution < -0.4 is 4.89 Å². The lowest BCUT2D eigenvalue weighted by Gasteiger charge is -2.28. The first-order valence-corrected chi connectivity index (χ1v) is 25.9. The maximum absolute atomic E-state index is 12.7. The highest BCUT2D eigenvalue weighted by molar-refractivity contribution is 7.45. The van der Waals surface area contributed by atoms with Gasteiger partial charge in [-0.2, -0.15) is 0 Å². The summed E-state index contributed by atoms with van der Waals surface area (Å²) in [7, 11) is 1.31. The number of esters is 1. The van der Waals surface area contributed by atoms with Crippen LogP contribution in [0.2, 0.25) is 0 Å². The summed E-state index contributed by atoms with van der Waals surface area (Å²) in [4.78, 5) is 25.1. The largest absolute Gasteiger partial charge is 0.756 e. The van der Waals surface area contributed by atoms with E-state index < -0.39 is 13.9 Å². The quantitative estimate of drug-likeness (QED) is 0.0198. The number of unbranched alkanes of at least 4 members (excludes halogenated alkanes) is 14. The van der Waals surface area contributed by atoms with Gasteiger partial charge >= 0.3 is 5.97 Å². The molecule has 0 aliphatic carbocycles. The number of carbonyl (C=O) groups is 1. The molecule has 8 nitrogen and oxygen atoms in total. The number of rotatable bonds is 44. The van der Waals surface area contributed by atoms with E-state index in [1.165, 1.54) is 64.2 Å². The minimum absolute atomic E-state index is 0.0127. The molecular weight excluding hydrogens is 794 g/mol. The minimum atomic E-state index is -4.55. The van der Waals surface area contributed by atoms with E-state index in [9.17, 15) is 14.3 Å². The van der Waals surface area contributed by atoms with Crippen molar-refractivity contribution in [3.05, 3.63) is 97.2 Å². The lowest BCUT2D eigenvalue weighted by molar-refractivity contribution is -0.870. The van der Waals surface area contributed by atoms with Gasteiger partial charge in [-0.25, -0.2) is 0 Å². The summed E-state index contributed by atoms with van der Waals surface area (Å²) in [5, 5.41) is 0. The summed E-state index contributed by atoms with van der Waals surface area (Å²) in [5.41, 5.74) is 0. The normalized spacial score (nSPS) is 14.5. The maximum Gasteiger partial charge on any atom is 0.306 e. The van der Waals surface area contributed by atoms with Crippen LogP contribution in [0.15, 0.2) is 97.2 Å². The van der Waals surface area contributed by atoms with Crippen LogP contribution in [-0.2, 0) is 27.9 Å². The molecule has 0 amide bonds. The van der Waals surface area contributed by atoms with E-state index in [4.69, 9.17) is 18.5 Å². The number of phosphoric acid groups is 1. The highest BCUT2D eigenvalue weighted by Gasteiger charge is 2.20. The molecule has 0 radical (unpaired) electrons. The van der Waals surface area contributed by atoms with Gasteiger partial charge in [-0.3, -0.25) is 9.36 Å². The third-order valence-corrected chi connectivity index (χ3v) is 10.8. The van der Waals surface area contributed by atoms with E-state index in [0.29, 0.717) is 24.1 Å². The van der Waals surface area contributed by atoms with Gasteiger partial charge in [-0.1, -0.05) is 169 Å². The Balaban J connectivity index is 4.28. The number of nitrogens with zero attached hydrogens (tertiary/aromatic N) is 1. The predicted octanol–water partition coefficient (Wildman–Crippen LogP) is 14.4. The van der Waals surface area contributed by atoms with E-state index in [1.807, 2.05) is 21.1 Å². The van der Waals surface area contributed by atoms with Crippen molar-refractivity contribution in [3.8, 4) is 0 Å². The first-order chi connectivity index (χ1) is 30.1. The standard InChI is InChI=1S/C53H92NO7P/c1-6-8-10-12-14-16-18-20-22-23-24-25-26-27-28-29-30-31-32-34-36-38-40-42-44-46-53(55)61-52(51-60-62(56,57)59-49-47-54(3,4)5)50-58-48-45-43-41-39-37-35-33-21-19-17-15-13-11-9-7-2/h8,10,14,16,19-22,24-25,27-28,30-31,34,36,52H,6-7,9,11-13,15,17-18,23,26,29,32-33,35,37-51H2,1-5H3/b10-8-,16-14-,21-19-,22-20-,25-24-,28-27-,31-30-,36-34-. The Labute approximate surface area is 381 Å². The zero-order valence-electron chi connectivity index (χ0n) is 40.3. The molecule has 0 heterocycles. The zero-order chi connectivity index (χ0) is 45.5. The number of hydrogen-bond acceptors (Lipinski definition) is 7. The Bertz CT molecular complexity index is 1310. The average Bonchev–Trinajstić information content (AvgIpc) is 3.23. The fraction of sp³-hybridized carbons (Fsp3) is 0.679. The molecule has 0 spiro atoms. The first kappa shape index (κ1) is 59.4. The second-order valence-electron chi connectivity index (χ2n) is 17.1. The molecule has 62 heavy (non-hydrogen) atoms. The third kappa shape index (κ3) is 48.5. The van der Waals surface area contributed by atoms with Gasteiger partial charge in [0.05, 0.1) is 34.4 Å². The van der Waals surface area contributed by atoms with Crippen LogP contribution >= 0.6 is 7.82 Å². The van der Waals surface area contributed by atoms with Crippen LogP contribution in [-0.4, -0.2) is 70.7 Å². The Kier molecular flexibility index (Phi) is 43.1. The number of hydrogen-bond donors (Lipinski definition) is 0. The summed E-state index contributed by atoms with van der Waals surface area (Å²) >= 11 is 0. The molecular formula is C53H92NO7P. The highest BCUT2D eigenvalue weighted by atomic mass is 31.2. The maximum atomic E-state index is 12.7. The van der Waals surface area contributed by atoms with Gasteiger partial charge in [0.1, 0.15) is 19.3 Å². The van der Waals surface area contributed by atoms with Crippen molar-refractivity contribution in [1.82, 2.24) is 0 Å². The van der Waals surface area contributed by atoms with E-state index in [-0.39, 0.29) is 32.2 Å². The van der Waals surface area contributed by atoms with Gasteiger partial charge < -0.3 is 27.9 Å². The summed E-state index contributed by atoms with van der Waals surface area (Å²) in [6.45, 7) is 5.21. The molecule has 0 aromatic carbocycles. The van der Waals surface area contributed by atoms with Crippen LogP contribution in [0.5, 0.6) is 0 Å². The highest BCUT2D eigenvalue weighted by Crippen LogP contribution is 2.38. The molecule has 0 rings (SSSR count). The topological polar surface area (TPSA) is 94.1 Å². The Morgan fingerprint density at radius 3 is 1.42 bits per heavy atom. The van der Waals surface area contributed by atoms with Gasteiger partial charge in [0.15, 0.2) is 0 Å². The van der Waals surface area contributed by atoms with E-state index in [0.717, 1.165) is 83.5 Å². The van der Waals surface area contributed by atoms with Crippen LogP contribution in [0.3, 0.4) is 0 Å². The van der Waals surface area contributed by atoms with Crippen molar-refractivity contribution in [2.45, 2.75) is 180 Å². The number of ether oxygens (including phenoxy) is 2. The number of allylic oxidation sites excluding steroid dienone is 16. The molecule has 0 saturated heterocycles. The van der Waals surface area contributed by atoms with Gasteiger partial charge in [-0.05, 0) is 96.3 Å². The van der Waals surface area contributed by atoms with Crippen LogP contribution in [0.25, 0.3) is 0 Å². The molecule has 0 aromatic heterocycles. The lowest BCUT2D eigenvalue weighted by atomic mass is 10.1. The summed E-state index contributed by atoms with van der Waals surface area (Å²) in [6.07, 6.45) is 61.4. The summed E-state index contributed by atoms with van der Waals surface area (Å²) in [6, 6.07) is 0. The van der Waals surface area contributed by atoms with Gasteiger partial charge in [0.25, 0.3) is 7.82 Å². The molecule has 0 fully saturated rings. The monoisotopic (exact) mass is 886 g/mol. The average molecular weight is 886 g/mol. The van der Waals surface area contributed by atoms with E-state index >= 15 is 0 Å². The molecule has 0 N–H and O–H groups in total. The summed E-state index contributed by atoms with van der Waals surface area (Å²) < 4.78 is 34.6. The van der Waals surface area contributed by atoms with Crippen molar-refractivity contribution < 1.29 is 37.3 Å². The van der Waals surface area contributed by atoms with Crippen molar-refractivity contribution in [2.24, 2.45) is 0 Å². The van der Waals surface area contributed by atoms with Crippen molar-refractivity contribution >= 4 is 13.8 Å². The number of quaternary nitrogens is 1. The molecule has 0 bridgehead atoms. The van der Waals surface area contributed by atoms with Gasteiger partial charge in [0.2, 0.25) is 0 Å². The molecule has 0 aromatic rings. The Morgan fingerprint density at radius 2 is 0.935 bits per heavy atom.